The number of aryl methyl sites for hydroxylation is 2. The second kappa shape index (κ2) is 15.8. The van der Waals surface area contributed by atoms with Crippen LogP contribution in [0.2, 0.25) is 0 Å². The maximum Gasteiger partial charge on any atom is 0.335 e. The van der Waals surface area contributed by atoms with Gasteiger partial charge >= 0.3 is 5.97 Å². The van der Waals surface area contributed by atoms with Crippen LogP contribution >= 0.6 is 0 Å². The SMILES string of the molecule is C=C(CO)CCC(COC(=O)C(=C)CO)CC1CCC(c2ccc(-c3ccc(CCC)cc3)c(CC)c2)CC1. The minimum atomic E-state index is -0.528. The lowest BCUT2D eigenvalue weighted by molar-refractivity contribution is -0.141. The zero-order chi connectivity index (χ0) is 28.2. The van der Waals surface area contributed by atoms with E-state index in [4.69, 9.17) is 9.84 Å². The highest BCUT2D eigenvalue weighted by molar-refractivity contribution is 5.87. The molecule has 2 N–H and O–H groups in total. The third kappa shape index (κ3) is 9.19. The summed E-state index contributed by atoms with van der Waals surface area (Å²) in [6.07, 6.45) is 10.6. The van der Waals surface area contributed by atoms with Gasteiger partial charge in [0.2, 0.25) is 0 Å². The van der Waals surface area contributed by atoms with E-state index in [9.17, 15) is 9.90 Å². The molecule has 0 aromatic heterocycles. The first-order chi connectivity index (χ1) is 18.9. The Kier molecular flexibility index (Phi) is 12.5. The number of carbonyl (C=O) groups is 1. The lowest BCUT2D eigenvalue weighted by atomic mass is 9.74. The van der Waals surface area contributed by atoms with Crippen LogP contribution in [-0.4, -0.2) is 36.0 Å². The van der Waals surface area contributed by atoms with Gasteiger partial charge in [-0.1, -0.05) is 81.5 Å². The number of hydrogen-bond donors (Lipinski definition) is 2. The molecule has 1 aliphatic rings. The Labute approximate surface area is 235 Å². The summed E-state index contributed by atoms with van der Waals surface area (Å²) < 4.78 is 5.46. The van der Waals surface area contributed by atoms with Crippen LogP contribution < -0.4 is 0 Å². The lowest BCUT2D eigenvalue weighted by Crippen LogP contribution is -2.22. The van der Waals surface area contributed by atoms with Crippen molar-refractivity contribution in [1.29, 1.82) is 0 Å². The van der Waals surface area contributed by atoms with Crippen LogP contribution in [0.25, 0.3) is 11.1 Å². The number of esters is 1. The highest BCUT2D eigenvalue weighted by Crippen LogP contribution is 2.40. The molecule has 0 amide bonds. The normalized spacial score (nSPS) is 17.9. The molecule has 1 fully saturated rings. The molecule has 1 aliphatic carbocycles. The lowest BCUT2D eigenvalue weighted by Gasteiger charge is -2.31. The van der Waals surface area contributed by atoms with Gasteiger partial charge < -0.3 is 14.9 Å². The molecule has 0 saturated heterocycles. The topological polar surface area (TPSA) is 66.8 Å². The van der Waals surface area contributed by atoms with Gasteiger partial charge in [0.15, 0.2) is 0 Å². The number of rotatable bonds is 15. The zero-order valence-electron chi connectivity index (χ0n) is 24.1. The molecule has 0 aliphatic heterocycles. The molecule has 1 saturated carbocycles. The third-order valence-corrected chi connectivity index (χ3v) is 8.36. The molecule has 1 unspecified atom stereocenters. The molecule has 0 radical (unpaired) electrons. The standard InChI is InChI=1S/C35H48O4/c1-5-7-27-10-16-32(17-11-27)34-19-18-33(21-30(34)6-2)31-14-12-28(13-15-31)20-29(9-8-25(3)22-36)24-39-35(38)26(4)23-37/h10-11,16-19,21,28-29,31,36-37H,3-9,12-15,20,22-24H2,1-2H3. The van der Waals surface area contributed by atoms with E-state index >= 15 is 0 Å². The molecule has 4 heteroatoms. The Morgan fingerprint density at radius 2 is 1.72 bits per heavy atom. The molecule has 2 aromatic rings. The summed E-state index contributed by atoms with van der Waals surface area (Å²) in [5, 5.41) is 18.5. The minimum Gasteiger partial charge on any atom is -0.462 e. The quantitative estimate of drug-likeness (QED) is 0.141. The van der Waals surface area contributed by atoms with Crippen LogP contribution in [0.15, 0.2) is 66.8 Å². The van der Waals surface area contributed by atoms with Crippen molar-refractivity contribution in [3.05, 3.63) is 83.5 Å². The Hall–Kier alpha value is -2.69. The van der Waals surface area contributed by atoms with Crippen molar-refractivity contribution < 1.29 is 19.7 Å². The molecule has 4 nitrogen and oxygen atoms in total. The average molecular weight is 533 g/mol. The number of benzene rings is 2. The monoisotopic (exact) mass is 532 g/mol. The fraction of sp³-hybridized carbons (Fsp3) is 0.514. The van der Waals surface area contributed by atoms with Gasteiger partial charge in [-0.15, -0.1) is 0 Å². The van der Waals surface area contributed by atoms with Crippen LogP contribution in [0.5, 0.6) is 0 Å². The molecule has 3 rings (SSSR count). The number of ether oxygens (including phenoxy) is 1. The van der Waals surface area contributed by atoms with Crippen molar-refractivity contribution >= 4 is 5.97 Å². The molecule has 0 heterocycles. The van der Waals surface area contributed by atoms with Crippen molar-refractivity contribution in [3.8, 4) is 11.1 Å². The molecule has 0 spiro atoms. The predicted octanol–water partition coefficient (Wildman–Crippen LogP) is 7.57. The summed E-state index contributed by atoms with van der Waals surface area (Å²) in [5.74, 6) is 0.866. The summed E-state index contributed by atoms with van der Waals surface area (Å²) in [7, 11) is 0. The van der Waals surface area contributed by atoms with E-state index in [2.05, 4.69) is 69.5 Å². The van der Waals surface area contributed by atoms with E-state index in [0.29, 0.717) is 18.4 Å². The van der Waals surface area contributed by atoms with Crippen molar-refractivity contribution in [3.63, 3.8) is 0 Å². The molecule has 1 atom stereocenters. The second-order valence-electron chi connectivity index (χ2n) is 11.3. The predicted molar refractivity (Wildman–Crippen MR) is 161 cm³/mol. The summed E-state index contributed by atoms with van der Waals surface area (Å²) in [4.78, 5) is 12.0. The molecule has 212 valence electrons. The highest BCUT2D eigenvalue weighted by atomic mass is 16.5. The summed E-state index contributed by atoms with van der Waals surface area (Å²) in [5.41, 5.74) is 7.84. The highest BCUT2D eigenvalue weighted by Gasteiger charge is 2.26. The summed E-state index contributed by atoms with van der Waals surface area (Å²) >= 11 is 0. The number of aliphatic hydroxyl groups is 2. The molecule has 2 aromatic carbocycles. The van der Waals surface area contributed by atoms with Crippen molar-refractivity contribution in [2.75, 3.05) is 19.8 Å². The van der Waals surface area contributed by atoms with Gasteiger partial charge in [-0.2, -0.15) is 0 Å². The van der Waals surface area contributed by atoms with E-state index in [-0.39, 0.29) is 24.7 Å². The van der Waals surface area contributed by atoms with E-state index < -0.39 is 5.97 Å². The number of aliphatic hydroxyl groups excluding tert-OH is 2. The molecular formula is C35H48O4. The number of carbonyl (C=O) groups excluding carboxylic acids is 1. The maximum absolute atomic E-state index is 12.0. The van der Waals surface area contributed by atoms with Crippen LogP contribution in [0.4, 0.5) is 0 Å². The van der Waals surface area contributed by atoms with Crippen LogP contribution in [0, 0.1) is 11.8 Å². The van der Waals surface area contributed by atoms with Crippen LogP contribution in [-0.2, 0) is 22.4 Å². The average Bonchev–Trinajstić information content (AvgIpc) is 2.98. The summed E-state index contributed by atoms with van der Waals surface area (Å²) in [6.45, 7) is 11.9. The van der Waals surface area contributed by atoms with Crippen molar-refractivity contribution in [2.24, 2.45) is 11.8 Å². The molecular weight excluding hydrogens is 484 g/mol. The smallest absolute Gasteiger partial charge is 0.335 e. The van der Waals surface area contributed by atoms with E-state index in [1.165, 1.54) is 59.9 Å². The summed E-state index contributed by atoms with van der Waals surface area (Å²) in [6, 6.07) is 16.2. The Balaban J connectivity index is 1.60. The first-order valence-corrected chi connectivity index (χ1v) is 14.8. The third-order valence-electron chi connectivity index (χ3n) is 8.36. The molecule has 39 heavy (non-hydrogen) atoms. The first-order valence-electron chi connectivity index (χ1n) is 14.8. The van der Waals surface area contributed by atoms with Gasteiger partial charge in [-0.25, -0.2) is 4.79 Å². The first kappa shape index (κ1) is 30.8. The molecule has 0 bridgehead atoms. The van der Waals surface area contributed by atoms with Crippen LogP contribution in [0.3, 0.4) is 0 Å². The maximum atomic E-state index is 12.0. The van der Waals surface area contributed by atoms with Crippen molar-refractivity contribution in [1.82, 2.24) is 0 Å². The van der Waals surface area contributed by atoms with Gasteiger partial charge in [0.1, 0.15) is 0 Å². The van der Waals surface area contributed by atoms with E-state index in [0.717, 1.165) is 37.7 Å². The van der Waals surface area contributed by atoms with Gasteiger partial charge in [0.25, 0.3) is 0 Å². The van der Waals surface area contributed by atoms with Gasteiger partial charge in [-0.3, -0.25) is 0 Å². The van der Waals surface area contributed by atoms with Crippen LogP contribution in [0.1, 0.15) is 87.8 Å². The largest absolute Gasteiger partial charge is 0.462 e. The zero-order valence-corrected chi connectivity index (χ0v) is 24.1. The number of hydrogen-bond acceptors (Lipinski definition) is 4. The van der Waals surface area contributed by atoms with E-state index in [1.807, 2.05) is 0 Å². The van der Waals surface area contributed by atoms with Gasteiger partial charge in [0.05, 0.1) is 25.4 Å². The second-order valence-corrected chi connectivity index (χ2v) is 11.3. The fourth-order valence-corrected chi connectivity index (χ4v) is 5.90. The van der Waals surface area contributed by atoms with E-state index in [1.54, 1.807) is 0 Å². The fourth-order valence-electron chi connectivity index (χ4n) is 5.90. The minimum absolute atomic E-state index is 0.0123. The Morgan fingerprint density at radius 3 is 2.33 bits per heavy atom. The van der Waals surface area contributed by atoms with Gasteiger partial charge in [-0.05, 0) is 103 Å². The van der Waals surface area contributed by atoms with Gasteiger partial charge in [0, 0.05) is 0 Å². The Morgan fingerprint density at radius 1 is 1.00 bits per heavy atom. The van der Waals surface area contributed by atoms with Crippen molar-refractivity contribution in [2.45, 2.75) is 84.0 Å². The Bertz CT molecular complexity index is 1080.